The fourth-order valence-electron chi connectivity index (χ4n) is 5.33. The molecule has 0 aliphatic carbocycles. The quantitative estimate of drug-likeness (QED) is 0.470. The number of hydrogen-bond acceptors (Lipinski definition) is 5. The first-order valence-electron chi connectivity index (χ1n) is 11.5. The Morgan fingerprint density at radius 1 is 1.18 bits per heavy atom. The minimum atomic E-state index is -0.324. The molecule has 1 saturated heterocycles. The second-order valence-corrected chi connectivity index (χ2v) is 9.68. The van der Waals surface area contributed by atoms with E-state index in [9.17, 15) is 9.59 Å². The standard InChI is InChI=1S/C25H24ClN5O3/c1-13-9-21-19(27-24(32)23-29-28-22(31(21)23)15-5-7-34-8-6-15)12-18(13)25(33)30-14(2)10-16-11-17(26)3-4-20(16)30/h3-4,9,11-12,14-15H,5-8,10H2,1-2H3,(H,27,32). The monoisotopic (exact) mass is 477 g/mol. The highest BCUT2D eigenvalue weighted by Gasteiger charge is 2.33. The highest BCUT2D eigenvalue weighted by atomic mass is 35.5. The SMILES string of the molecule is Cc1cc2c(cc1C(=O)N1c3ccc(Cl)cc3CC1C)[nH]c(=O)c1nnc(C3CCOCC3)n12. The number of halogens is 1. The molecule has 1 fully saturated rings. The molecule has 2 aromatic heterocycles. The first-order valence-corrected chi connectivity index (χ1v) is 11.9. The van der Waals surface area contributed by atoms with E-state index in [-0.39, 0.29) is 29.1 Å². The zero-order valence-electron chi connectivity index (χ0n) is 19.0. The van der Waals surface area contributed by atoms with Gasteiger partial charge in [-0.05, 0) is 74.6 Å². The molecule has 6 rings (SSSR count). The zero-order valence-corrected chi connectivity index (χ0v) is 19.7. The fourth-order valence-corrected chi connectivity index (χ4v) is 5.52. The van der Waals surface area contributed by atoms with E-state index in [2.05, 4.69) is 15.2 Å². The van der Waals surface area contributed by atoms with Gasteiger partial charge in [0.25, 0.3) is 11.5 Å². The van der Waals surface area contributed by atoms with Crippen molar-refractivity contribution in [3.63, 3.8) is 0 Å². The van der Waals surface area contributed by atoms with Crippen molar-refractivity contribution in [3.05, 3.63) is 68.2 Å². The Morgan fingerprint density at radius 3 is 2.76 bits per heavy atom. The molecule has 2 aliphatic heterocycles. The number of carbonyl (C=O) groups excluding carboxylic acids is 1. The van der Waals surface area contributed by atoms with E-state index >= 15 is 0 Å². The molecule has 1 N–H and O–H groups in total. The molecule has 8 nitrogen and oxygen atoms in total. The number of aryl methyl sites for hydroxylation is 1. The summed E-state index contributed by atoms with van der Waals surface area (Å²) in [5, 5.41) is 9.22. The molecule has 0 spiro atoms. The molecule has 1 amide bonds. The summed E-state index contributed by atoms with van der Waals surface area (Å²) in [5.41, 5.74) is 4.64. The number of nitrogens with zero attached hydrogens (tertiary/aromatic N) is 4. The molecule has 0 radical (unpaired) electrons. The van der Waals surface area contributed by atoms with Gasteiger partial charge in [-0.25, -0.2) is 0 Å². The third-order valence-corrected chi connectivity index (χ3v) is 7.25. The number of H-pyrrole nitrogens is 1. The third kappa shape index (κ3) is 3.24. The Bertz CT molecular complexity index is 1520. The first kappa shape index (κ1) is 21.3. The van der Waals surface area contributed by atoms with Crippen LogP contribution in [0.3, 0.4) is 0 Å². The van der Waals surface area contributed by atoms with E-state index in [4.69, 9.17) is 16.3 Å². The van der Waals surface area contributed by atoms with E-state index in [1.807, 2.05) is 47.4 Å². The molecule has 0 bridgehead atoms. The third-order valence-electron chi connectivity index (χ3n) is 7.02. The molecule has 9 heteroatoms. The molecule has 1 unspecified atom stereocenters. The maximum absolute atomic E-state index is 13.7. The Labute approximate surface area is 200 Å². The number of aromatic nitrogens is 4. The number of hydrogen-bond donors (Lipinski definition) is 1. The second-order valence-electron chi connectivity index (χ2n) is 9.24. The molecule has 34 heavy (non-hydrogen) atoms. The van der Waals surface area contributed by atoms with E-state index < -0.39 is 0 Å². The normalized spacial score (nSPS) is 18.7. The van der Waals surface area contributed by atoms with Gasteiger partial charge in [-0.3, -0.25) is 14.0 Å². The predicted octanol–water partition coefficient (Wildman–Crippen LogP) is 4.02. The summed E-state index contributed by atoms with van der Waals surface area (Å²) < 4.78 is 7.34. The van der Waals surface area contributed by atoms with Crippen LogP contribution in [0, 0.1) is 6.92 Å². The van der Waals surface area contributed by atoms with Crippen molar-refractivity contribution in [1.82, 2.24) is 19.6 Å². The smallest absolute Gasteiger partial charge is 0.294 e. The summed E-state index contributed by atoms with van der Waals surface area (Å²) >= 11 is 6.17. The van der Waals surface area contributed by atoms with Crippen LogP contribution >= 0.6 is 11.6 Å². The lowest BCUT2D eigenvalue weighted by Gasteiger charge is -2.24. The van der Waals surface area contributed by atoms with Crippen LogP contribution < -0.4 is 10.5 Å². The average Bonchev–Trinajstić information content (AvgIpc) is 3.40. The Hall–Kier alpha value is -3.23. The van der Waals surface area contributed by atoms with Gasteiger partial charge in [-0.15, -0.1) is 10.2 Å². The lowest BCUT2D eigenvalue weighted by Crippen LogP contribution is -2.36. The largest absolute Gasteiger partial charge is 0.381 e. The van der Waals surface area contributed by atoms with Gasteiger partial charge >= 0.3 is 0 Å². The van der Waals surface area contributed by atoms with Crippen molar-refractivity contribution in [2.75, 3.05) is 18.1 Å². The minimum Gasteiger partial charge on any atom is -0.381 e. The van der Waals surface area contributed by atoms with Crippen molar-refractivity contribution < 1.29 is 9.53 Å². The summed E-state index contributed by atoms with van der Waals surface area (Å²) in [6, 6.07) is 9.37. The number of fused-ring (bicyclic) bond motifs is 4. The Balaban J connectivity index is 1.49. The topological polar surface area (TPSA) is 92.6 Å². The zero-order chi connectivity index (χ0) is 23.6. The number of carbonyl (C=O) groups is 1. The van der Waals surface area contributed by atoms with Gasteiger partial charge in [0.05, 0.1) is 11.0 Å². The van der Waals surface area contributed by atoms with Crippen molar-refractivity contribution >= 4 is 39.9 Å². The van der Waals surface area contributed by atoms with Crippen LogP contribution in [0.4, 0.5) is 5.69 Å². The van der Waals surface area contributed by atoms with Crippen LogP contribution in [0.25, 0.3) is 16.7 Å². The number of anilines is 1. The molecular formula is C25H24ClN5O3. The van der Waals surface area contributed by atoms with Crippen molar-refractivity contribution in [1.29, 1.82) is 0 Å². The van der Waals surface area contributed by atoms with Gasteiger partial charge in [0.2, 0.25) is 5.65 Å². The lowest BCUT2D eigenvalue weighted by molar-refractivity contribution is 0.0834. The molecular weight excluding hydrogens is 454 g/mol. The van der Waals surface area contributed by atoms with Gasteiger partial charge in [0, 0.05) is 41.4 Å². The molecule has 0 saturated carbocycles. The highest BCUT2D eigenvalue weighted by molar-refractivity contribution is 6.30. The van der Waals surface area contributed by atoms with Gasteiger partial charge in [0.1, 0.15) is 5.82 Å². The van der Waals surface area contributed by atoms with Crippen LogP contribution in [-0.4, -0.2) is 44.7 Å². The summed E-state index contributed by atoms with van der Waals surface area (Å²) in [7, 11) is 0. The number of aromatic amines is 1. The summed E-state index contributed by atoms with van der Waals surface area (Å²) in [4.78, 5) is 31.3. The van der Waals surface area contributed by atoms with Gasteiger partial charge in [-0.2, -0.15) is 0 Å². The van der Waals surface area contributed by atoms with Crippen LogP contribution in [0.2, 0.25) is 5.02 Å². The Morgan fingerprint density at radius 2 is 1.97 bits per heavy atom. The second kappa shape index (κ2) is 7.92. The first-order chi connectivity index (χ1) is 16.4. The maximum atomic E-state index is 13.7. The predicted molar refractivity (Wildman–Crippen MR) is 130 cm³/mol. The Kier molecular flexibility index (Phi) is 4.97. The van der Waals surface area contributed by atoms with Crippen molar-refractivity contribution in [3.8, 4) is 0 Å². The number of nitrogens with one attached hydrogen (secondary N) is 1. The van der Waals surface area contributed by atoms with Gasteiger partial charge in [0.15, 0.2) is 0 Å². The molecule has 2 aliphatic rings. The van der Waals surface area contributed by atoms with Crippen LogP contribution in [-0.2, 0) is 11.2 Å². The van der Waals surface area contributed by atoms with E-state index in [1.165, 1.54) is 0 Å². The maximum Gasteiger partial charge on any atom is 0.294 e. The van der Waals surface area contributed by atoms with Crippen LogP contribution in [0.5, 0.6) is 0 Å². The molecule has 4 heterocycles. The number of benzene rings is 2. The van der Waals surface area contributed by atoms with Crippen molar-refractivity contribution in [2.24, 2.45) is 0 Å². The molecule has 4 aromatic rings. The number of amides is 1. The molecule has 1 atom stereocenters. The summed E-state index contributed by atoms with van der Waals surface area (Å²) in [6.07, 6.45) is 2.42. The highest BCUT2D eigenvalue weighted by Crippen LogP contribution is 2.36. The molecule has 174 valence electrons. The molecule has 2 aromatic carbocycles. The number of ether oxygens (including phenoxy) is 1. The number of rotatable bonds is 2. The summed E-state index contributed by atoms with van der Waals surface area (Å²) in [6.45, 7) is 5.29. The van der Waals surface area contributed by atoms with Crippen LogP contribution in [0.15, 0.2) is 35.1 Å². The van der Waals surface area contributed by atoms with E-state index in [0.29, 0.717) is 29.3 Å². The van der Waals surface area contributed by atoms with E-state index in [0.717, 1.165) is 47.4 Å². The summed E-state index contributed by atoms with van der Waals surface area (Å²) in [5.74, 6) is 0.846. The van der Waals surface area contributed by atoms with Crippen LogP contribution in [0.1, 0.15) is 53.0 Å². The lowest BCUT2D eigenvalue weighted by atomic mass is 9.99. The average molecular weight is 478 g/mol. The van der Waals surface area contributed by atoms with Crippen molar-refractivity contribution in [2.45, 2.75) is 45.1 Å². The van der Waals surface area contributed by atoms with Gasteiger partial charge < -0.3 is 14.6 Å². The fraction of sp³-hybridized carbons (Fsp3) is 0.360. The van der Waals surface area contributed by atoms with Gasteiger partial charge in [-0.1, -0.05) is 11.6 Å². The minimum absolute atomic E-state index is 0.00978. The van der Waals surface area contributed by atoms with E-state index in [1.54, 1.807) is 6.07 Å².